The van der Waals surface area contributed by atoms with Gasteiger partial charge in [-0.05, 0) is 36.8 Å². The first-order valence-corrected chi connectivity index (χ1v) is 7.39. The Labute approximate surface area is 131 Å². The molecule has 0 aliphatic rings. The number of rotatable bonds is 2. The van der Waals surface area contributed by atoms with Crippen molar-refractivity contribution in [3.05, 3.63) is 57.8 Å². The van der Waals surface area contributed by atoms with E-state index in [0.29, 0.717) is 15.9 Å². The van der Waals surface area contributed by atoms with Crippen molar-refractivity contribution in [2.45, 2.75) is 12.8 Å². The molecule has 0 spiro atoms. The Morgan fingerprint density at radius 2 is 1.90 bits per heavy atom. The van der Waals surface area contributed by atoms with Gasteiger partial charge in [-0.3, -0.25) is 4.57 Å². The molecule has 0 N–H and O–H groups in total. The lowest BCUT2D eigenvalue weighted by atomic mass is 10.2. The Morgan fingerprint density at radius 3 is 2.60 bits per heavy atom. The van der Waals surface area contributed by atoms with Crippen LogP contribution in [0.5, 0.6) is 0 Å². The maximum atomic E-state index is 6.22. The van der Waals surface area contributed by atoms with Crippen LogP contribution >= 0.6 is 34.8 Å². The standard InChI is InChI=1S/C15H11Cl3N2/c1-9-5-6-10(7-12(9)18)20-13-4-2-3-11(17)15(13)19-14(20)8-16/h2-7H,8H2,1H3. The number of hydrogen-bond donors (Lipinski definition) is 0. The first-order valence-electron chi connectivity index (χ1n) is 6.10. The molecule has 20 heavy (non-hydrogen) atoms. The molecule has 0 atom stereocenters. The number of nitrogens with zero attached hydrogens (tertiary/aromatic N) is 2. The minimum Gasteiger partial charge on any atom is -0.295 e. The molecule has 3 aromatic rings. The highest BCUT2D eigenvalue weighted by atomic mass is 35.5. The number of halogens is 3. The Kier molecular flexibility index (Phi) is 3.63. The van der Waals surface area contributed by atoms with E-state index in [1.165, 1.54) is 0 Å². The van der Waals surface area contributed by atoms with E-state index < -0.39 is 0 Å². The van der Waals surface area contributed by atoms with Gasteiger partial charge >= 0.3 is 0 Å². The predicted octanol–water partition coefficient (Wildman–Crippen LogP) is 5.38. The minimum atomic E-state index is 0.302. The quantitative estimate of drug-likeness (QED) is 0.578. The summed E-state index contributed by atoms with van der Waals surface area (Å²) in [6, 6.07) is 11.6. The fourth-order valence-corrected chi connectivity index (χ4v) is 2.78. The Balaban J connectivity index is 2.34. The summed E-state index contributed by atoms with van der Waals surface area (Å²) in [5.74, 6) is 1.05. The van der Waals surface area contributed by atoms with E-state index in [2.05, 4.69) is 4.98 Å². The van der Waals surface area contributed by atoms with Crippen molar-refractivity contribution in [3.8, 4) is 5.69 Å². The number of imidazole rings is 1. The van der Waals surface area contributed by atoms with E-state index in [-0.39, 0.29) is 0 Å². The summed E-state index contributed by atoms with van der Waals surface area (Å²) < 4.78 is 1.99. The zero-order valence-corrected chi connectivity index (χ0v) is 13.0. The Morgan fingerprint density at radius 1 is 1.10 bits per heavy atom. The van der Waals surface area contributed by atoms with Gasteiger partial charge in [0.15, 0.2) is 0 Å². The van der Waals surface area contributed by atoms with Crippen molar-refractivity contribution in [1.82, 2.24) is 9.55 Å². The second-order valence-corrected chi connectivity index (χ2v) is 5.62. The van der Waals surface area contributed by atoms with Gasteiger partial charge in [-0.1, -0.05) is 35.3 Å². The molecule has 0 aliphatic heterocycles. The fraction of sp³-hybridized carbons (Fsp3) is 0.133. The molecule has 0 unspecified atom stereocenters. The average molecular weight is 326 g/mol. The molecule has 3 rings (SSSR count). The van der Waals surface area contributed by atoms with Gasteiger partial charge in [-0.15, -0.1) is 11.6 Å². The molecular weight excluding hydrogens is 315 g/mol. The predicted molar refractivity (Wildman–Crippen MR) is 85.4 cm³/mol. The summed E-state index contributed by atoms with van der Waals surface area (Å²) >= 11 is 18.4. The molecule has 0 saturated carbocycles. The van der Waals surface area contributed by atoms with Crippen LogP contribution < -0.4 is 0 Å². The SMILES string of the molecule is Cc1ccc(-n2c(CCl)nc3c(Cl)cccc32)cc1Cl. The topological polar surface area (TPSA) is 17.8 Å². The van der Waals surface area contributed by atoms with E-state index in [1.807, 2.05) is 47.9 Å². The molecule has 0 fully saturated rings. The third-order valence-corrected chi connectivity index (χ3v) is 4.19. The van der Waals surface area contributed by atoms with Gasteiger partial charge in [0.1, 0.15) is 11.3 Å². The summed E-state index contributed by atoms with van der Waals surface area (Å²) in [5, 5.41) is 1.33. The van der Waals surface area contributed by atoms with Crippen LogP contribution in [-0.4, -0.2) is 9.55 Å². The highest BCUT2D eigenvalue weighted by Gasteiger charge is 2.14. The molecule has 0 aliphatic carbocycles. The molecule has 0 bridgehead atoms. The number of alkyl halides is 1. The molecule has 102 valence electrons. The molecule has 2 nitrogen and oxygen atoms in total. The average Bonchev–Trinajstić information content (AvgIpc) is 2.82. The summed E-state index contributed by atoms with van der Waals surface area (Å²) in [6.07, 6.45) is 0. The maximum absolute atomic E-state index is 6.22. The zero-order valence-electron chi connectivity index (χ0n) is 10.7. The van der Waals surface area contributed by atoms with E-state index in [4.69, 9.17) is 34.8 Å². The third kappa shape index (κ3) is 2.18. The Hall–Kier alpha value is -1.22. The number of hydrogen-bond acceptors (Lipinski definition) is 1. The highest BCUT2D eigenvalue weighted by molar-refractivity contribution is 6.35. The van der Waals surface area contributed by atoms with Gasteiger partial charge in [0, 0.05) is 10.7 Å². The monoisotopic (exact) mass is 324 g/mol. The molecular formula is C15H11Cl3N2. The van der Waals surface area contributed by atoms with Crippen LogP contribution in [0.3, 0.4) is 0 Å². The summed E-state index contributed by atoms with van der Waals surface area (Å²) in [7, 11) is 0. The van der Waals surface area contributed by atoms with Gasteiger partial charge in [0.25, 0.3) is 0 Å². The number of benzene rings is 2. The first kappa shape index (κ1) is 13.7. The molecule has 5 heteroatoms. The van der Waals surface area contributed by atoms with Crippen molar-refractivity contribution >= 4 is 45.8 Å². The number of aryl methyl sites for hydroxylation is 1. The number of para-hydroxylation sites is 1. The Bertz CT molecular complexity index is 793. The maximum Gasteiger partial charge on any atom is 0.129 e. The normalized spacial score (nSPS) is 11.2. The molecule has 0 saturated heterocycles. The molecule has 1 aromatic heterocycles. The summed E-state index contributed by atoms with van der Waals surface area (Å²) in [6.45, 7) is 1.97. The summed E-state index contributed by atoms with van der Waals surface area (Å²) in [5.41, 5.74) is 3.64. The van der Waals surface area contributed by atoms with Crippen LogP contribution in [0.25, 0.3) is 16.7 Å². The fourth-order valence-electron chi connectivity index (χ4n) is 2.21. The van der Waals surface area contributed by atoms with Gasteiger partial charge in [-0.2, -0.15) is 0 Å². The van der Waals surface area contributed by atoms with Crippen LogP contribution in [0.15, 0.2) is 36.4 Å². The molecule has 1 heterocycles. The number of fused-ring (bicyclic) bond motifs is 1. The van der Waals surface area contributed by atoms with Gasteiger partial charge in [0.05, 0.1) is 16.4 Å². The van der Waals surface area contributed by atoms with Crippen LogP contribution in [0, 0.1) is 6.92 Å². The highest BCUT2D eigenvalue weighted by Crippen LogP contribution is 2.29. The second-order valence-electron chi connectivity index (χ2n) is 4.54. The lowest BCUT2D eigenvalue weighted by molar-refractivity contribution is 0.981. The van der Waals surface area contributed by atoms with Crippen molar-refractivity contribution in [2.75, 3.05) is 0 Å². The number of aromatic nitrogens is 2. The lowest BCUT2D eigenvalue weighted by Crippen LogP contribution is -1.99. The zero-order chi connectivity index (χ0) is 14.3. The van der Waals surface area contributed by atoms with Crippen molar-refractivity contribution in [2.24, 2.45) is 0 Å². The molecule has 0 radical (unpaired) electrons. The van der Waals surface area contributed by atoms with Gasteiger partial charge in [0.2, 0.25) is 0 Å². The van der Waals surface area contributed by atoms with Crippen molar-refractivity contribution in [3.63, 3.8) is 0 Å². The second kappa shape index (κ2) is 5.28. The van der Waals surface area contributed by atoms with Gasteiger partial charge < -0.3 is 0 Å². The van der Waals surface area contributed by atoms with E-state index in [0.717, 1.165) is 28.1 Å². The third-order valence-electron chi connectivity index (χ3n) is 3.24. The van der Waals surface area contributed by atoms with Crippen LogP contribution in [0.4, 0.5) is 0 Å². The van der Waals surface area contributed by atoms with E-state index in [9.17, 15) is 0 Å². The molecule has 0 amide bonds. The van der Waals surface area contributed by atoms with E-state index in [1.54, 1.807) is 0 Å². The van der Waals surface area contributed by atoms with Crippen molar-refractivity contribution < 1.29 is 0 Å². The molecule has 2 aromatic carbocycles. The smallest absolute Gasteiger partial charge is 0.129 e. The van der Waals surface area contributed by atoms with Gasteiger partial charge in [-0.25, -0.2) is 4.98 Å². The van der Waals surface area contributed by atoms with Crippen molar-refractivity contribution in [1.29, 1.82) is 0 Å². The largest absolute Gasteiger partial charge is 0.295 e. The summed E-state index contributed by atoms with van der Waals surface area (Å²) in [4.78, 5) is 4.52. The first-order chi connectivity index (χ1) is 9.61. The van der Waals surface area contributed by atoms with E-state index >= 15 is 0 Å². The van der Waals surface area contributed by atoms with Crippen LogP contribution in [0.2, 0.25) is 10.0 Å². The minimum absolute atomic E-state index is 0.302. The lowest BCUT2D eigenvalue weighted by Gasteiger charge is -2.09. The van der Waals surface area contributed by atoms with Crippen LogP contribution in [0.1, 0.15) is 11.4 Å². The van der Waals surface area contributed by atoms with Crippen LogP contribution in [-0.2, 0) is 5.88 Å².